The van der Waals surface area contributed by atoms with Gasteiger partial charge >= 0.3 is 0 Å². The predicted molar refractivity (Wildman–Crippen MR) is 90.6 cm³/mol. The molecule has 0 saturated carbocycles. The maximum Gasteiger partial charge on any atom is 0.0369 e. The molecule has 0 aliphatic carbocycles. The lowest BCUT2D eigenvalue weighted by atomic mass is 10.1. The summed E-state index contributed by atoms with van der Waals surface area (Å²) in [6.07, 6.45) is 5.09. The predicted octanol–water partition coefficient (Wildman–Crippen LogP) is 4.51. The van der Waals surface area contributed by atoms with E-state index in [0.717, 1.165) is 13.1 Å². The lowest BCUT2D eigenvalue weighted by Gasteiger charge is -2.25. The average Bonchev–Trinajstić information content (AvgIpc) is 2.46. The normalized spacial score (nSPS) is 10.8. The summed E-state index contributed by atoms with van der Waals surface area (Å²) in [5.74, 6) is 0. The van der Waals surface area contributed by atoms with Gasteiger partial charge in [0.25, 0.3) is 0 Å². The standard InChI is InChI=1S/C18H32N2/c1-5-8-12-20(13-9-6-2)18-11-10-17(15-19-7-3)16(4)14-18/h10-11,14,19H,5-9,12-13,15H2,1-4H3. The second-order valence-electron chi connectivity index (χ2n) is 5.59. The van der Waals surface area contributed by atoms with E-state index >= 15 is 0 Å². The second kappa shape index (κ2) is 9.82. The van der Waals surface area contributed by atoms with Crippen LogP contribution in [-0.4, -0.2) is 19.6 Å². The Hall–Kier alpha value is -1.02. The molecule has 0 fully saturated rings. The van der Waals surface area contributed by atoms with Crippen LogP contribution in [0, 0.1) is 6.92 Å². The molecule has 0 heterocycles. The number of hydrogen-bond acceptors (Lipinski definition) is 2. The monoisotopic (exact) mass is 276 g/mol. The Bertz CT molecular complexity index is 366. The number of benzene rings is 1. The first-order valence-corrected chi connectivity index (χ1v) is 8.28. The number of nitrogens with zero attached hydrogens (tertiary/aromatic N) is 1. The molecule has 0 saturated heterocycles. The van der Waals surface area contributed by atoms with Gasteiger partial charge in [0, 0.05) is 25.3 Å². The van der Waals surface area contributed by atoms with Crippen LogP contribution in [0.25, 0.3) is 0 Å². The van der Waals surface area contributed by atoms with Crippen molar-refractivity contribution in [1.82, 2.24) is 5.32 Å². The summed E-state index contributed by atoms with van der Waals surface area (Å²) >= 11 is 0. The molecule has 0 amide bonds. The van der Waals surface area contributed by atoms with Gasteiger partial charge in [-0.2, -0.15) is 0 Å². The molecule has 0 spiro atoms. The number of hydrogen-bond donors (Lipinski definition) is 1. The van der Waals surface area contributed by atoms with E-state index in [4.69, 9.17) is 0 Å². The lowest BCUT2D eigenvalue weighted by molar-refractivity contribution is 0.677. The highest BCUT2D eigenvalue weighted by atomic mass is 15.1. The van der Waals surface area contributed by atoms with Crippen LogP contribution in [0.1, 0.15) is 57.6 Å². The van der Waals surface area contributed by atoms with E-state index < -0.39 is 0 Å². The molecule has 0 atom stereocenters. The van der Waals surface area contributed by atoms with Crippen molar-refractivity contribution in [2.45, 2.75) is 59.9 Å². The van der Waals surface area contributed by atoms with Gasteiger partial charge in [-0.15, -0.1) is 0 Å². The van der Waals surface area contributed by atoms with Gasteiger partial charge in [-0.05, 0) is 49.6 Å². The molecule has 1 rings (SSSR count). The third-order valence-electron chi connectivity index (χ3n) is 3.82. The molecule has 0 bridgehead atoms. The van der Waals surface area contributed by atoms with Crippen molar-refractivity contribution in [3.8, 4) is 0 Å². The number of aryl methyl sites for hydroxylation is 1. The second-order valence-corrected chi connectivity index (χ2v) is 5.59. The van der Waals surface area contributed by atoms with Gasteiger partial charge in [0.2, 0.25) is 0 Å². The molecule has 2 nitrogen and oxygen atoms in total. The summed E-state index contributed by atoms with van der Waals surface area (Å²) in [5, 5.41) is 3.41. The molecule has 1 N–H and O–H groups in total. The highest BCUT2D eigenvalue weighted by Crippen LogP contribution is 2.20. The summed E-state index contributed by atoms with van der Waals surface area (Å²) in [6, 6.07) is 6.95. The Balaban J connectivity index is 2.76. The maximum absolute atomic E-state index is 3.41. The first-order chi connectivity index (χ1) is 9.72. The lowest BCUT2D eigenvalue weighted by Crippen LogP contribution is -2.25. The van der Waals surface area contributed by atoms with Gasteiger partial charge in [-0.3, -0.25) is 0 Å². The van der Waals surface area contributed by atoms with Crippen molar-refractivity contribution in [3.05, 3.63) is 29.3 Å². The van der Waals surface area contributed by atoms with Crippen LogP contribution in [0.4, 0.5) is 5.69 Å². The Kier molecular flexibility index (Phi) is 8.36. The van der Waals surface area contributed by atoms with Gasteiger partial charge < -0.3 is 10.2 Å². The fourth-order valence-corrected chi connectivity index (χ4v) is 2.40. The van der Waals surface area contributed by atoms with E-state index in [1.165, 1.54) is 55.6 Å². The number of rotatable bonds is 10. The SMILES string of the molecule is CCCCN(CCCC)c1ccc(CNCC)c(C)c1. The third-order valence-corrected chi connectivity index (χ3v) is 3.82. The fourth-order valence-electron chi connectivity index (χ4n) is 2.40. The summed E-state index contributed by atoms with van der Waals surface area (Å²) in [6.45, 7) is 13.3. The van der Waals surface area contributed by atoms with Crippen molar-refractivity contribution >= 4 is 5.69 Å². The summed E-state index contributed by atoms with van der Waals surface area (Å²) in [5.41, 5.74) is 4.22. The average molecular weight is 276 g/mol. The minimum Gasteiger partial charge on any atom is -0.372 e. The highest BCUT2D eigenvalue weighted by molar-refractivity contribution is 5.50. The topological polar surface area (TPSA) is 15.3 Å². The molecule has 1 aromatic rings. The Labute approximate surface area is 125 Å². The van der Waals surface area contributed by atoms with Crippen LogP contribution in [-0.2, 0) is 6.54 Å². The molecular weight excluding hydrogens is 244 g/mol. The molecular formula is C18H32N2. The van der Waals surface area contributed by atoms with Crippen LogP contribution in [0.15, 0.2) is 18.2 Å². The first kappa shape index (κ1) is 17.0. The first-order valence-electron chi connectivity index (χ1n) is 8.28. The highest BCUT2D eigenvalue weighted by Gasteiger charge is 2.07. The number of unbranched alkanes of at least 4 members (excludes halogenated alkanes) is 2. The van der Waals surface area contributed by atoms with E-state index in [2.05, 4.69) is 56.1 Å². The van der Waals surface area contributed by atoms with E-state index in [1.54, 1.807) is 0 Å². The molecule has 20 heavy (non-hydrogen) atoms. The Morgan fingerprint density at radius 3 is 2.15 bits per heavy atom. The molecule has 0 aromatic heterocycles. The molecule has 0 aliphatic heterocycles. The molecule has 0 unspecified atom stereocenters. The zero-order chi connectivity index (χ0) is 14.8. The zero-order valence-electron chi connectivity index (χ0n) is 13.8. The summed E-state index contributed by atoms with van der Waals surface area (Å²) in [4.78, 5) is 2.55. The molecule has 0 aliphatic rings. The number of anilines is 1. The van der Waals surface area contributed by atoms with Crippen LogP contribution in [0.5, 0.6) is 0 Å². The van der Waals surface area contributed by atoms with E-state index in [0.29, 0.717) is 0 Å². The van der Waals surface area contributed by atoms with Crippen molar-refractivity contribution < 1.29 is 0 Å². The van der Waals surface area contributed by atoms with Crippen LogP contribution in [0.3, 0.4) is 0 Å². The Morgan fingerprint density at radius 2 is 1.65 bits per heavy atom. The minimum absolute atomic E-state index is 0.979. The zero-order valence-corrected chi connectivity index (χ0v) is 13.8. The van der Waals surface area contributed by atoms with E-state index in [-0.39, 0.29) is 0 Å². The quantitative estimate of drug-likeness (QED) is 0.676. The smallest absolute Gasteiger partial charge is 0.0369 e. The van der Waals surface area contributed by atoms with Crippen LogP contribution in [0.2, 0.25) is 0 Å². The summed E-state index contributed by atoms with van der Waals surface area (Å²) in [7, 11) is 0. The Morgan fingerprint density at radius 1 is 1.00 bits per heavy atom. The summed E-state index contributed by atoms with van der Waals surface area (Å²) < 4.78 is 0. The van der Waals surface area contributed by atoms with Crippen molar-refractivity contribution in [2.24, 2.45) is 0 Å². The number of nitrogens with one attached hydrogen (secondary N) is 1. The van der Waals surface area contributed by atoms with Gasteiger partial charge in [-0.1, -0.05) is 39.7 Å². The van der Waals surface area contributed by atoms with Gasteiger partial charge in [0.15, 0.2) is 0 Å². The molecule has 2 heteroatoms. The third kappa shape index (κ3) is 5.54. The van der Waals surface area contributed by atoms with E-state index in [9.17, 15) is 0 Å². The fraction of sp³-hybridized carbons (Fsp3) is 0.667. The van der Waals surface area contributed by atoms with Crippen molar-refractivity contribution in [2.75, 3.05) is 24.5 Å². The van der Waals surface area contributed by atoms with E-state index in [1.807, 2.05) is 0 Å². The van der Waals surface area contributed by atoms with Crippen molar-refractivity contribution in [1.29, 1.82) is 0 Å². The van der Waals surface area contributed by atoms with Gasteiger partial charge in [0.1, 0.15) is 0 Å². The maximum atomic E-state index is 3.41. The van der Waals surface area contributed by atoms with Crippen molar-refractivity contribution in [3.63, 3.8) is 0 Å². The molecule has 1 aromatic carbocycles. The van der Waals surface area contributed by atoms with Gasteiger partial charge in [-0.25, -0.2) is 0 Å². The molecule has 114 valence electrons. The van der Waals surface area contributed by atoms with Crippen LogP contribution < -0.4 is 10.2 Å². The van der Waals surface area contributed by atoms with Crippen LogP contribution >= 0.6 is 0 Å². The largest absolute Gasteiger partial charge is 0.372 e. The minimum atomic E-state index is 0.979. The molecule has 0 radical (unpaired) electrons. The van der Waals surface area contributed by atoms with Gasteiger partial charge in [0.05, 0.1) is 0 Å².